The van der Waals surface area contributed by atoms with Gasteiger partial charge in [0.15, 0.2) is 0 Å². The lowest BCUT2D eigenvalue weighted by Gasteiger charge is -2.33. The minimum absolute atomic E-state index is 0.144. The van der Waals surface area contributed by atoms with Crippen LogP contribution < -0.4 is 5.32 Å². The summed E-state index contributed by atoms with van der Waals surface area (Å²) in [5.41, 5.74) is 2.57. The first-order valence-corrected chi connectivity index (χ1v) is 10.3. The fourth-order valence-corrected chi connectivity index (χ4v) is 3.46. The minimum Gasteiger partial charge on any atom is -0.355 e. The number of hydrogen-bond acceptors (Lipinski definition) is 3. The van der Waals surface area contributed by atoms with Crippen LogP contribution in [0.25, 0.3) is 6.08 Å². The number of piperazine rings is 1. The van der Waals surface area contributed by atoms with Crippen LogP contribution in [-0.2, 0) is 11.2 Å². The number of nitrogens with one attached hydrogen (secondary N) is 1. The molecule has 0 bridgehead atoms. The summed E-state index contributed by atoms with van der Waals surface area (Å²) in [5, 5.41) is 3.06. The zero-order valence-corrected chi connectivity index (χ0v) is 16.6. The molecule has 1 aliphatic rings. The van der Waals surface area contributed by atoms with E-state index in [1.165, 1.54) is 11.1 Å². The van der Waals surface area contributed by atoms with Crippen molar-refractivity contribution < 1.29 is 4.79 Å². The summed E-state index contributed by atoms with van der Waals surface area (Å²) in [6.45, 7) is 6.17. The number of nitrogens with zero attached hydrogens (tertiary/aromatic N) is 2. The number of rotatable bonds is 9. The maximum atomic E-state index is 12.2. The Labute approximate surface area is 168 Å². The van der Waals surface area contributed by atoms with Gasteiger partial charge in [-0.25, -0.2) is 0 Å². The van der Waals surface area contributed by atoms with E-state index < -0.39 is 0 Å². The molecular formula is C24H31N3O. The van der Waals surface area contributed by atoms with Gasteiger partial charge in [0.05, 0.1) is 6.54 Å². The lowest BCUT2D eigenvalue weighted by Crippen LogP contribution is -2.49. The van der Waals surface area contributed by atoms with E-state index in [2.05, 4.69) is 75.8 Å². The molecule has 0 atom stereocenters. The van der Waals surface area contributed by atoms with E-state index in [0.717, 1.165) is 52.1 Å². The first-order valence-electron chi connectivity index (χ1n) is 10.3. The van der Waals surface area contributed by atoms with Crippen molar-refractivity contribution in [3.05, 3.63) is 77.9 Å². The zero-order valence-electron chi connectivity index (χ0n) is 16.6. The van der Waals surface area contributed by atoms with Crippen LogP contribution >= 0.6 is 0 Å². The largest absolute Gasteiger partial charge is 0.355 e. The van der Waals surface area contributed by atoms with Crippen molar-refractivity contribution in [2.24, 2.45) is 0 Å². The maximum Gasteiger partial charge on any atom is 0.234 e. The van der Waals surface area contributed by atoms with Crippen LogP contribution in [0.4, 0.5) is 0 Å². The van der Waals surface area contributed by atoms with E-state index in [-0.39, 0.29) is 5.91 Å². The molecule has 2 aromatic carbocycles. The molecule has 1 N–H and O–H groups in total. The fraction of sp³-hybridized carbons (Fsp3) is 0.375. The van der Waals surface area contributed by atoms with E-state index in [0.29, 0.717) is 6.54 Å². The average Bonchev–Trinajstić information content (AvgIpc) is 2.74. The van der Waals surface area contributed by atoms with E-state index >= 15 is 0 Å². The highest BCUT2D eigenvalue weighted by Crippen LogP contribution is 2.05. The van der Waals surface area contributed by atoms with E-state index in [1.54, 1.807) is 0 Å². The fourth-order valence-electron chi connectivity index (χ4n) is 3.46. The lowest BCUT2D eigenvalue weighted by molar-refractivity contribution is -0.122. The number of carbonyl (C=O) groups is 1. The number of amides is 1. The highest BCUT2D eigenvalue weighted by Gasteiger charge is 2.17. The smallest absolute Gasteiger partial charge is 0.234 e. The first-order chi connectivity index (χ1) is 13.8. The van der Waals surface area contributed by atoms with Crippen molar-refractivity contribution in [2.45, 2.75) is 12.8 Å². The highest BCUT2D eigenvalue weighted by molar-refractivity contribution is 5.78. The Morgan fingerprint density at radius 3 is 2.25 bits per heavy atom. The topological polar surface area (TPSA) is 35.6 Å². The van der Waals surface area contributed by atoms with Gasteiger partial charge >= 0.3 is 0 Å². The monoisotopic (exact) mass is 377 g/mol. The van der Waals surface area contributed by atoms with Crippen LogP contribution in [0.5, 0.6) is 0 Å². The molecule has 0 spiro atoms. The molecular weight excluding hydrogens is 346 g/mol. The first kappa shape index (κ1) is 20.3. The normalized spacial score (nSPS) is 15.7. The van der Waals surface area contributed by atoms with Crippen molar-refractivity contribution in [3.63, 3.8) is 0 Å². The maximum absolute atomic E-state index is 12.2. The average molecular weight is 378 g/mol. The summed E-state index contributed by atoms with van der Waals surface area (Å²) in [6, 6.07) is 20.8. The Morgan fingerprint density at radius 1 is 0.893 bits per heavy atom. The van der Waals surface area contributed by atoms with Gasteiger partial charge in [0.2, 0.25) is 5.91 Å². The molecule has 148 valence electrons. The molecule has 1 aliphatic heterocycles. The lowest BCUT2D eigenvalue weighted by atomic mass is 10.1. The number of benzene rings is 2. The second-order valence-corrected chi connectivity index (χ2v) is 7.33. The third-order valence-electron chi connectivity index (χ3n) is 5.11. The van der Waals surface area contributed by atoms with Gasteiger partial charge in [0, 0.05) is 39.3 Å². The number of aryl methyl sites for hydroxylation is 1. The van der Waals surface area contributed by atoms with Crippen LogP contribution in [0.15, 0.2) is 66.7 Å². The van der Waals surface area contributed by atoms with E-state index in [4.69, 9.17) is 0 Å². The predicted molar refractivity (Wildman–Crippen MR) is 116 cm³/mol. The zero-order chi connectivity index (χ0) is 19.4. The van der Waals surface area contributed by atoms with E-state index in [9.17, 15) is 4.79 Å². The molecule has 0 aliphatic carbocycles. The third-order valence-corrected chi connectivity index (χ3v) is 5.11. The van der Waals surface area contributed by atoms with Crippen LogP contribution in [0.1, 0.15) is 17.5 Å². The van der Waals surface area contributed by atoms with Crippen molar-refractivity contribution in [1.82, 2.24) is 15.1 Å². The molecule has 1 amide bonds. The molecule has 1 fully saturated rings. The molecule has 4 nitrogen and oxygen atoms in total. The van der Waals surface area contributed by atoms with Crippen LogP contribution in [0.2, 0.25) is 0 Å². The molecule has 3 rings (SSSR count). The van der Waals surface area contributed by atoms with Gasteiger partial charge < -0.3 is 5.32 Å². The van der Waals surface area contributed by atoms with Gasteiger partial charge in [0.1, 0.15) is 0 Å². The van der Waals surface area contributed by atoms with Gasteiger partial charge in [-0.15, -0.1) is 0 Å². The van der Waals surface area contributed by atoms with Gasteiger partial charge in [-0.3, -0.25) is 14.6 Å². The van der Waals surface area contributed by atoms with E-state index in [1.807, 2.05) is 12.1 Å². The highest BCUT2D eigenvalue weighted by atomic mass is 16.2. The third kappa shape index (κ3) is 7.29. The van der Waals surface area contributed by atoms with Gasteiger partial charge in [0.25, 0.3) is 0 Å². The molecule has 1 saturated heterocycles. The second-order valence-electron chi connectivity index (χ2n) is 7.33. The summed E-state index contributed by atoms with van der Waals surface area (Å²) in [5.74, 6) is 0.144. The number of hydrogen-bond donors (Lipinski definition) is 1. The Kier molecular flexibility index (Phi) is 8.28. The molecule has 0 aromatic heterocycles. The standard InChI is InChI=1S/C24H31N3O/c28-24(25-15-7-13-22-9-3-1-4-10-22)21-27-19-17-26(18-20-27)16-8-14-23-11-5-2-6-12-23/h1-6,8-12,14H,7,13,15-21H2,(H,25,28). The van der Waals surface area contributed by atoms with Crippen LogP contribution in [0.3, 0.4) is 0 Å². The quantitative estimate of drug-likeness (QED) is 0.682. The molecule has 0 unspecified atom stereocenters. The SMILES string of the molecule is O=C(CN1CCN(CC=Cc2ccccc2)CC1)NCCCc1ccccc1. The Hall–Kier alpha value is -2.43. The molecule has 2 aromatic rings. The molecule has 4 heteroatoms. The predicted octanol–water partition coefficient (Wildman–Crippen LogP) is 3.07. The van der Waals surface area contributed by atoms with Gasteiger partial charge in [-0.1, -0.05) is 72.8 Å². The molecule has 28 heavy (non-hydrogen) atoms. The van der Waals surface area contributed by atoms with Crippen LogP contribution in [0, 0.1) is 0 Å². The molecule has 0 radical (unpaired) electrons. The second kappa shape index (κ2) is 11.4. The van der Waals surface area contributed by atoms with Crippen molar-refractivity contribution in [3.8, 4) is 0 Å². The summed E-state index contributed by atoms with van der Waals surface area (Å²) >= 11 is 0. The minimum atomic E-state index is 0.144. The summed E-state index contributed by atoms with van der Waals surface area (Å²) in [4.78, 5) is 16.8. The number of carbonyl (C=O) groups excluding carboxylic acids is 1. The van der Waals surface area contributed by atoms with Crippen LogP contribution in [-0.4, -0.2) is 61.5 Å². The van der Waals surface area contributed by atoms with Gasteiger partial charge in [-0.2, -0.15) is 0 Å². The van der Waals surface area contributed by atoms with Gasteiger partial charge in [-0.05, 0) is 24.0 Å². The Balaban J connectivity index is 1.26. The Bertz CT molecular complexity index is 722. The van der Waals surface area contributed by atoms with Crippen molar-refractivity contribution >= 4 is 12.0 Å². The Morgan fingerprint density at radius 2 is 1.54 bits per heavy atom. The summed E-state index contributed by atoms with van der Waals surface area (Å²) < 4.78 is 0. The molecule has 1 heterocycles. The van der Waals surface area contributed by atoms with Crippen molar-refractivity contribution in [2.75, 3.05) is 45.8 Å². The molecule has 0 saturated carbocycles. The van der Waals surface area contributed by atoms with Crippen molar-refractivity contribution in [1.29, 1.82) is 0 Å². The summed E-state index contributed by atoms with van der Waals surface area (Å²) in [7, 11) is 0. The summed E-state index contributed by atoms with van der Waals surface area (Å²) in [6.07, 6.45) is 6.40.